The largest absolute Gasteiger partial charge is 0.413 e. The van der Waals surface area contributed by atoms with Crippen LogP contribution in [0.25, 0.3) is 12.2 Å². The van der Waals surface area contributed by atoms with Crippen LogP contribution in [0.15, 0.2) is 40.9 Å². The Hall–Kier alpha value is -0.986. The summed E-state index contributed by atoms with van der Waals surface area (Å²) in [5.74, 6) is 0. The predicted octanol–water partition coefficient (Wildman–Crippen LogP) is 8.59. The molecule has 0 saturated carbocycles. The summed E-state index contributed by atoms with van der Waals surface area (Å²) in [7, 11) is -2.52. The van der Waals surface area contributed by atoms with E-state index in [4.69, 9.17) is 8.85 Å². The molecule has 0 saturated heterocycles. The van der Waals surface area contributed by atoms with Gasteiger partial charge in [-0.3, -0.25) is 0 Å². The molecule has 0 fully saturated rings. The van der Waals surface area contributed by atoms with E-state index in [0.29, 0.717) is 0 Å². The molecular formula is C28H42BrO2Si2. The second kappa shape index (κ2) is 11.6. The first kappa shape index (κ1) is 28.3. The highest BCUT2D eigenvalue weighted by molar-refractivity contribution is 9.10. The van der Waals surface area contributed by atoms with Crippen molar-refractivity contribution in [2.45, 2.75) is 79.9 Å². The summed E-state index contributed by atoms with van der Waals surface area (Å²) in [5.41, 5.74) is 4.70. The van der Waals surface area contributed by atoms with Gasteiger partial charge in [-0.2, -0.15) is 0 Å². The van der Waals surface area contributed by atoms with Gasteiger partial charge in [0.1, 0.15) is 0 Å². The standard InChI is InChI=1S/C28H42BrO2Si2/c1-27(2,3)25(30-32(7)8)22-18-16-20(15-17-21-13-11-12-14-24(21)29)19-23(22)26(28(4,5)6)31-33(9)10/h11-12,14-19,25-26,32-33H,1-10H3/b17-15+. The molecule has 0 spiro atoms. The van der Waals surface area contributed by atoms with Gasteiger partial charge in [0.25, 0.3) is 0 Å². The van der Waals surface area contributed by atoms with Crippen LogP contribution in [-0.2, 0) is 8.85 Å². The van der Waals surface area contributed by atoms with Crippen LogP contribution in [-0.4, -0.2) is 18.1 Å². The van der Waals surface area contributed by atoms with E-state index < -0.39 is 18.1 Å². The maximum Gasteiger partial charge on any atom is 0.171 e. The molecule has 2 rings (SSSR count). The van der Waals surface area contributed by atoms with E-state index in [1.165, 1.54) is 11.1 Å². The maximum absolute atomic E-state index is 6.70. The fourth-order valence-corrected chi connectivity index (χ4v) is 6.53. The van der Waals surface area contributed by atoms with Gasteiger partial charge in [0.15, 0.2) is 18.1 Å². The summed E-state index contributed by atoms with van der Waals surface area (Å²) >= 11 is 3.63. The lowest BCUT2D eigenvalue weighted by atomic mass is 9.77. The molecule has 0 N–H and O–H groups in total. The Bertz CT molecular complexity index is 940. The van der Waals surface area contributed by atoms with Gasteiger partial charge in [-0.05, 0) is 77.5 Å². The first-order valence-electron chi connectivity index (χ1n) is 12.0. The Labute approximate surface area is 214 Å². The lowest BCUT2D eigenvalue weighted by molar-refractivity contribution is 0.0656. The van der Waals surface area contributed by atoms with Crippen LogP contribution in [0.5, 0.6) is 0 Å². The fourth-order valence-electron chi connectivity index (χ4n) is 3.93. The Morgan fingerprint density at radius 1 is 0.818 bits per heavy atom. The molecule has 2 unspecified atom stereocenters. The molecule has 1 radical (unpaired) electrons. The van der Waals surface area contributed by atoms with Crippen molar-refractivity contribution in [2.24, 2.45) is 10.8 Å². The van der Waals surface area contributed by atoms with Crippen LogP contribution in [0.3, 0.4) is 0 Å². The van der Waals surface area contributed by atoms with Gasteiger partial charge in [0.05, 0.1) is 12.2 Å². The van der Waals surface area contributed by atoms with Crippen LogP contribution in [0, 0.1) is 16.9 Å². The van der Waals surface area contributed by atoms with Crippen LogP contribution >= 0.6 is 15.9 Å². The first-order valence-corrected chi connectivity index (χ1v) is 18.3. The summed E-state index contributed by atoms with van der Waals surface area (Å²) in [6.07, 6.45) is 4.34. The van der Waals surface area contributed by atoms with Crippen molar-refractivity contribution in [1.82, 2.24) is 0 Å². The van der Waals surface area contributed by atoms with Crippen molar-refractivity contribution in [3.63, 3.8) is 0 Å². The molecule has 0 aliphatic rings. The molecule has 33 heavy (non-hydrogen) atoms. The number of benzene rings is 2. The van der Waals surface area contributed by atoms with E-state index in [-0.39, 0.29) is 23.0 Å². The maximum atomic E-state index is 6.70. The molecule has 2 nitrogen and oxygen atoms in total. The SMILES string of the molecule is C[SiH](C)OC(c1ccc(/C=C/c2[c]cccc2Br)cc1C(O[SiH](C)C)C(C)(C)C)C(C)(C)C. The first-order chi connectivity index (χ1) is 15.2. The zero-order valence-corrected chi connectivity index (χ0v) is 26.0. The van der Waals surface area contributed by atoms with Crippen LogP contribution < -0.4 is 0 Å². The summed E-state index contributed by atoms with van der Waals surface area (Å²) in [5, 5.41) is 0. The lowest BCUT2D eigenvalue weighted by Gasteiger charge is -2.39. The van der Waals surface area contributed by atoms with Crippen molar-refractivity contribution in [3.8, 4) is 0 Å². The molecule has 0 aliphatic heterocycles. The zero-order chi connectivity index (χ0) is 25.0. The normalized spacial score (nSPS) is 14.9. The van der Waals surface area contributed by atoms with Gasteiger partial charge in [-0.25, -0.2) is 0 Å². The van der Waals surface area contributed by atoms with Gasteiger partial charge in [-0.1, -0.05) is 93.9 Å². The third-order valence-corrected chi connectivity index (χ3v) is 7.67. The second-order valence-corrected chi connectivity index (χ2v) is 17.1. The predicted molar refractivity (Wildman–Crippen MR) is 153 cm³/mol. The molecule has 0 aromatic heterocycles. The highest BCUT2D eigenvalue weighted by Crippen LogP contribution is 2.45. The molecule has 5 heteroatoms. The fraction of sp³-hybridized carbons (Fsp3) is 0.500. The summed E-state index contributed by atoms with van der Waals surface area (Å²) in [6, 6.07) is 16.1. The number of rotatable bonds is 8. The molecule has 2 aromatic rings. The van der Waals surface area contributed by atoms with Crippen LogP contribution in [0.1, 0.15) is 76.0 Å². The third kappa shape index (κ3) is 8.32. The summed E-state index contributed by atoms with van der Waals surface area (Å²) in [4.78, 5) is 0. The van der Waals surface area contributed by atoms with Gasteiger partial charge >= 0.3 is 0 Å². The average Bonchev–Trinajstić information content (AvgIpc) is 2.68. The average molecular weight is 547 g/mol. The third-order valence-electron chi connectivity index (χ3n) is 5.34. The van der Waals surface area contributed by atoms with Crippen molar-refractivity contribution >= 4 is 46.2 Å². The van der Waals surface area contributed by atoms with Crippen molar-refractivity contribution in [3.05, 3.63) is 69.2 Å². The van der Waals surface area contributed by atoms with Crippen LogP contribution in [0.2, 0.25) is 26.2 Å². The zero-order valence-electron chi connectivity index (χ0n) is 22.1. The Morgan fingerprint density at radius 2 is 1.36 bits per heavy atom. The van der Waals surface area contributed by atoms with E-state index in [2.05, 4.69) is 120 Å². The van der Waals surface area contributed by atoms with Crippen molar-refractivity contribution < 1.29 is 8.85 Å². The monoisotopic (exact) mass is 545 g/mol. The quantitative estimate of drug-likeness (QED) is 0.244. The minimum atomic E-state index is -1.27. The summed E-state index contributed by atoms with van der Waals surface area (Å²) in [6.45, 7) is 22.7. The van der Waals surface area contributed by atoms with Crippen molar-refractivity contribution in [2.75, 3.05) is 0 Å². The van der Waals surface area contributed by atoms with Crippen LogP contribution in [0.4, 0.5) is 0 Å². The smallest absolute Gasteiger partial charge is 0.171 e. The Morgan fingerprint density at radius 3 is 1.85 bits per heavy atom. The number of hydrogen-bond acceptors (Lipinski definition) is 2. The molecule has 0 aliphatic carbocycles. The van der Waals surface area contributed by atoms with Gasteiger partial charge in [-0.15, -0.1) is 0 Å². The molecule has 2 atom stereocenters. The molecule has 2 aromatic carbocycles. The van der Waals surface area contributed by atoms with Gasteiger partial charge < -0.3 is 8.85 Å². The van der Waals surface area contributed by atoms with E-state index in [1.54, 1.807) is 0 Å². The molecule has 181 valence electrons. The van der Waals surface area contributed by atoms with E-state index in [1.807, 2.05) is 18.2 Å². The van der Waals surface area contributed by atoms with E-state index >= 15 is 0 Å². The second-order valence-electron chi connectivity index (χ2n) is 11.5. The van der Waals surface area contributed by atoms with E-state index in [9.17, 15) is 0 Å². The number of halogens is 1. The van der Waals surface area contributed by atoms with E-state index in [0.717, 1.165) is 15.6 Å². The molecule has 0 amide bonds. The Kier molecular flexibility index (Phi) is 9.96. The summed E-state index contributed by atoms with van der Waals surface area (Å²) < 4.78 is 14.4. The lowest BCUT2D eigenvalue weighted by Crippen LogP contribution is -2.31. The number of hydrogen-bond donors (Lipinski definition) is 0. The molecule has 0 heterocycles. The highest BCUT2D eigenvalue weighted by Gasteiger charge is 2.35. The molecule has 0 bridgehead atoms. The highest BCUT2D eigenvalue weighted by atomic mass is 79.9. The Balaban J connectivity index is 2.67. The minimum Gasteiger partial charge on any atom is -0.413 e. The topological polar surface area (TPSA) is 18.5 Å². The van der Waals surface area contributed by atoms with Gasteiger partial charge in [0, 0.05) is 4.47 Å². The minimum absolute atomic E-state index is 0.00900. The van der Waals surface area contributed by atoms with Crippen molar-refractivity contribution in [1.29, 1.82) is 0 Å². The van der Waals surface area contributed by atoms with Gasteiger partial charge in [0.2, 0.25) is 0 Å². The molecular weight excluding hydrogens is 504 g/mol.